The van der Waals surface area contributed by atoms with Crippen molar-refractivity contribution in [2.75, 3.05) is 25.0 Å². The van der Waals surface area contributed by atoms with Crippen LogP contribution in [0.2, 0.25) is 5.02 Å². The third-order valence-corrected chi connectivity index (χ3v) is 9.60. The Labute approximate surface area is 278 Å². The number of nitro groups is 1. The quantitative estimate of drug-likeness (QED) is 0.146. The number of nitro benzene ring substituents is 1. The van der Waals surface area contributed by atoms with E-state index in [0.29, 0.717) is 0 Å². The third kappa shape index (κ3) is 8.27. The smallest absolute Gasteiger partial charge is 0.273 e. The van der Waals surface area contributed by atoms with E-state index in [1.807, 2.05) is 61.5 Å². The summed E-state index contributed by atoms with van der Waals surface area (Å²) in [6.07, 6.45) is 0.148. The van der Waals surface area contributed by atoms with E-state index >= 15 is 0 Å². The minimum absolute atomic E-state index is 0.0119. The third-order valence-electron chi connectivity index (χ3n) is 7.61. The number of carbonyl (C=O) groups excluding carboxylic acids is 2. The number of amides is 2. The molecular formula is C34H35ClN4O7S. The summed E-state index contributed by atoms with van der Waals surface area (Å²) in [7, 11) is -1.85. The minimum Gasteiger partial charge on any atom is -0.495 e. The summed E-state index contributed by atoms with van der Waals surface area (Å²) in [5.74, 6) is -1.06. The van der Waals surface area contributed by atoms with Gasteiger partial charge in [0.15, 0.2) is 0 Å². The van der Waals surface area contributed by atoms with Crippen LogP contribution in [0.5, 0.6) is 5.75 Å². The molecule has 246 valence electrons. The first kappa shape index (κ1) is 34.9. The van der Waals surface area contributed by atoms with E-state index in [9.17, 15) is 28.1 Å². The number of anilines is 1. The lowest BCUT2D eigenvalue weighted by Gasteiger charge is -2.34. The number of benzene rings is 4. The number of likely N-dealkylation sites (N-methyl/N-ethyl adjacent to an activating group) is 1. The summed E-state index contributed by atoms with van der Waals surface area (Å²) < 4.78 is 35.0. The van der Waals surface area contributed by atoms with Gasteiger partial charge >= 0.3 is 0 Å². The summed E-state index contributed by atoms with van der Waals surface area (Å²) in [6.45, 7) is 2.60. The SMILES string of the molecule is CNC(=O)C(Cc1ccccc1)N(Cc1cccc(C)c1)C(=O)CN(c1cc(Cl)ccc1OC)S(=O)(=O)c1ccc(C)c([N+](=O)[O-])c1. The fourth-order valence-electron chi connectivity index (χ4n) is 5.17. The van der Waals surface area contributed by atoms with Crippen molar-refractivity contribution in [1.29, 1.82) is 0 Å². The molecular weight excluding hydrogens is 644 g/mol. The van der Waals surface area contributed by atoms with Gasteiger partial charge in [-0.1, -0.05) is 77.8 Å². The Morgan fingerprint density at radius 2 is 1.66 bits per heavy atom. The zero-order chi connectivity index (χ0) is 34.3. The summed E-state index contributed by atoms with van der Waals surface area (Å²) in [5, 5.41) is 14.5. The Balaban J connectivity index is 1.88. The standard InChI is InChI=1S/C34H35ClN4O7S/c1-23-9-8-12-26(17-23)21-37(31(34(41)36-3)18-25-10-6-5-7-11-25)33(40)22-38(30-19-27(35)14-16-32(30)46-4)47(44,45)28-15-13-24(2)29(20-28)39(42)43/h5-17,19-20,31H,18,21-22H2,1-4H3,(H,36,41). The lowest BCUT2D eigenvalue weighted by atomic mass is 10.0. The first-order chi connectivity index (χ1) is 22.3. The number of hydrogen-bond donors (Lipinski definition) is 1. The maximum Gasteiger partial charge on any atom is 0.273 e. The van der Waals surface area contributed by atoms with Crippen LogP contribution in [-0.2, 0) is 32.6 Å². The fraction of sp³-hybridized carbons (Fsp3) is 0.235. The van der Waals surface area contributed by atoms with E-state index in [2.05, 4.69) is 5.32 Å². The van der Waals surface area contributed by atoms with Crippen molar-refractivity contribution in [3.8, 4) is 5.75 Å². The van der Waals surface area contributed by atoms with Crippen LogP contribution in [-0.4, -0.2) is 56.8 Å². The highest BCUT2D eigenvalue weighted by Gasteiger charge is 2.36. The van der Waals surface area contributed by atoms with E-state index in [0.717, 1.165) is 27.1 Å². The van der Waals surface area contributed by atoms with Crippen LogP contribution in [0.3, 0.4) is 0 Å². The number of nitrogens with zero attached hydrogens (tertiary/aromatic N) is 3. The van der Waals surface area contributed by atoms with Gasteiger partial charge in [0.25, 0.3) is 15.7 Å². The Morgan fingerprint density at radius 3 is 2.30 bits per heavy atom. The summed E-state index contributed by atoms with van der Waals surface area (Å²) in [5.41, 5.74) is 2.24. The molecule has 0 bridgehead atoms. The van der Waals surface area contributed by atoms with Gasteiger partial charge < -0.3 is 15.0 Å². The lowest BCUT2D eigenvalue weighted by molar-refractivity contribution is -0.385. The van der Waals surface area contributed by atoms with Gasteiger partial charge in [0.05, 0.1) is 22.6 Å². The minimum atomic E-state index is -4.65. The second-order valence-electron chi connectivity index (χ2n) is 10.9. The Hall–Kier alpha value is -4.94. The average molecular weight is 679 g/mol. The van der Waals surface area contributed by atoms with Gasteiger partial charge in [-0.15, -0.1) is 0 Å². The molecule has 0 aliphatic heterocycles. The van der Waals surface area contributed by atoms with Gasteiger partial charge in [0.1, 0.15) is 18.3 Å². The van der Waals surface area contributed by atoms with Crippen LogP contribution in [0.25, 0.3) is 0 Å². The zero-order valence-corrected chi connectivity index (χ0v) is 27.9. The number of hydrogen-bond acceptors (Lipinski definition) is 7. The molecule has 0 aliphatic carbocycles. The van der Waals surface area contributed by atoms with Crippen LogP contribution >= 0.6 is 11.6 Å². The molecule has 0 heterocycles. The summed E-state index contributed by atoms with van der Waals surface area (Å²) in [6, 6.07) is 23.4. The molecule has 13 heteroatoms. The van der Waals surface area contributed by atoms with Gasteiger partial charge in [-0.25, -0.2) is 8.42 Å². The molecule has 0 spiro atoms. The van der Waals surface area contributed by atoms with Crippen LogP contribution in [0.4, 0.5) is 11.4 Å². The molecule has 2 amide bonds. The average Bonchev–Trinajstić information content (AvgIpc) is 3.05. The number of halogens is 1. The van der Waals surface area contributed by atoms with Crippen molar-refractivity contribution >= 4 is 44.8 Å². The van der Waals surface area contributed by atoms with E-state index in [1.165, 1.54) is 56.3 Å². The predicted molar refractivity (Wildman–Crippen MR) is 180 cm³/mol. The highest BCUT2D eigenvalue weighted by molar-refractivity contribution is 7.92. The molecule has 11 nitrogen and oxygen atoms in total. The van der Waals surface area contributed by atoms with Gasteiger partial charge in [-0.05, 0) is 49.2 Å². The molecule has 0 saturated heterocycles. The molecule has 4 aromatic carbocycles. The van der Waals surface area contributed by atoms with Crippen LogP contribution in [0.1, 0.15) is 22.3 Å². The van der Waals surface area contributed by atoms with Crippen molar-refractivity contribution < 1.29 is 27.7 Å². The molecule has 1 unspecified atom stereocenters. The number of sulfonamides is 1. The van der Waals surface area contributed by atoms with Crippen LogP contribution in [0.15, 0.2) is 95.9 Å². The summed E-state index contributed by atoms with van der Waals surface area (Å²) >= 11 is 6.31. The highest BCUT2D eigenvalue weighted by atomic mass is 35.5. The molecule has 4 rings (SSSR count). The molecule has 0 radical (unpaired) electrons. The largest absolute Gasteiger partial charge is 0.495 e. The van der Waals surface area contributed by atoms with Crippen LogP contribution in [0, 0.1) is 24.0 Å². The van der Waals surface area contributed by atoms with E-state index in [-0.39, 0.29) is 35.0 Å². The Bertz CT molecular complexity index is 1890. The molecule has 4 aromatic rings. The topological polar surface area (TPSA) is 139 Å². The highest BCUT2D eigenvalue weighted by Crippen LogP contribution is 2.36. The monoisotopic (exact) mass is 678 g/mol. The van der Waals surface area contributed by atoms with E-state index in [4.69, 9.17) is 16.3 Å². The number of ether oxygens (including phenoxy) is 1. The number of aryl methyl sites for hydroxylation is 2. The fourth-order valence-corrected chi connectivity index (χ4v) is 6.78. The molecule has 0 aromatic heterocycles. The van der Waals surface area contributed by atoms with Crippen LogP contribution < -0.4 is 14.4 Å². The number of rotatable bonds is 13. The van der Waals surface area contributed by atoms with Crippen molar-refractivity contribution in [3.63, 3.8) is 0 Å². The molecule has 1 atom stereocenters. The second kappa shape index (κ2) is 15.1. The number of nitrogens with one attached hydrogen (secondary N) is 1. The number of methoxy groups -OCH3 is 1. The zero-order valence-electron chi connectivity index (χ0n) is 26.3. The van der Waals surface area contributed by atoms with Crippen molar-refractivity contribution in [3.05, 3.63) is 128 Å². The molecule has 47 heavy (non-hydrogen) atoms. The first-order valence-corrected chi connectivity index (χ1v) is 16.4. The molecule has 0 aliphatic rings. The summed E-state index contributed by atoms with van der Waals surface area (Å²) in [4.78, 5) is 39.9. The molecule has 0 fully saturated rings. The number of carbonyl (C=O) groups is 2. The van der Waals surface area contributed by atoms with E-state index in [1.54, 1.807) is 0 Å². The van der Waals surface area contributed by atoms with Gasteiger partial charge in [-0.3, -0.25) is 24.0 Å². The maximum absolute atomic E-state index is 14.5. The Morgan fingerprint density at radius 1 is 0.957 bits per heavy atom. The van der Waals surface area contributed by atoms with Gasteiger partial charge in [-0.2, -0.15) is 0 Å². The molecule has 1 N–H and O–H groups in total. The normalized spacial score (nSPS) is 11.8. The predicted octanol–water partition coefficient (Wildman–Crippen LogP) is 5.46. The van der Waals surface area contributed by atoms with Gasteiger partial charge in [0, 0.05) is 36.7 Å². The lowest BCUT2D eigenvalue weighted by Crippen LogP contribution is -2.53. The second-order valence-corrected chi connectivity index (χ2v) is 13.2. The van der Waals surface area contributed by atoms with E-state index < -0.39 is 49.9 Å². The van der Waals surface area contributed by atoms with Crippen molar-refractivity contribution in [1.82, 2.24) is 10.2 Å². The van der Waals surface area contributed by atoms with Gasteiger partial charge in [0.2, 0.25) is 11.8 Å². The first-order valence-electron chi connectivity index (χ1n) is 14.6. The maximum atomic E-state index is 14.5. The Kier molecular flexibility index (Phi) is 11.2. The van der Waals surface area contributed by atoms with Crippen molar-refractivity contribution in [2.45, 2.75) is 37.8 Å². The molecule has 0 saturated carbocycles. The van der Waals surface area contributed by atoms with Crippen molar-refractivity contribution in [2.24, 2.45) is 0 Å².